The molecule has 1 fully saturated rings. The van der Waals surface area contributed by atoms with E-state index in [-0.39, 0.29) is 11.8 Å². The van der Waals surface area contributed by atoms with Crippen LogP contribution in [0.25, 0.3) is 0 Å². The molecule has 5 heteroatoms. The maximum atomic E-state index is 6.59. The molecule has 5 nitrogen and oxygen atoms in total. The average Bonchev–Trinajstić information content (AvgIpc) is 3.33. The Bertz CT molecular complexity index is 791. The van der Waals surface area contributed by atoms with E-state index in [9.17, 15) is 0 Å². The summed E-state index contributed by atoms with van der Waals surface area (Å²) >= 11 is 0. The lowest BCUT2D eigenvalue weighted by Gasteiger charge is -2.51. The minimum Gasteiger partial charge on any atom is -0.466 e. The molecule has 0 amide bonds. The van der Waals surface area contributed by atoms with Crippen LogP contribution in [0, 0.1) is 0 Å². The fourth-order valence-corrected chi connectivity index (χ4v) is 4.37. The normalized spacial score (nSPS) is 24.6. The molecule has 1 aromatic carbocycles. The number of rotatable bonds is 2. The number of hydrogen-bond donors (Lipinski definition) is 0. The summed E-state index contributed by atoms with van der Waals surface area (Å²) in [6, 6.07) is 12.6. The van der Waals surface area contributed by atoms with E-state index >= 15 is 0 Å². The molecule has 0 radical (unpaired) electrons. The van der Waals surface area contributed by atoms with E-state index in [1.165, 1.54) is 5.56 Å². The predicted octanol–water partition coefficient (Wildman–Crippen LogP) is 3.64. The zero-order chi connectivity index (χ0) is 16.9. The van der Waals surface area contributed by atoms with Crippen molar-refractivity contribution in [2.45, 2.75) is 38.0 Å². The Kier molecular flexibility index (Phi) is 3.38. The molecule has 3 aliphatic heterocycles. The second kappa shape index (κ2) is 5.63. The van der Waals surface area contributed by atoms with Gasteiger partial charge in [0.15, 0.2) is 0 Å². The minimum absolute atomic E-state index is 0.234. The molecule has 0 saturated carbocycles. The van der Waals surface area contributed by atoms with Gasteiger partial charge in [-0.25, -0.2) is 5.01 Å². The monoisotopic (exact) mass is 337 g/mol. The fraction of sp³-hybridized carbons (Fsp3) is 0.450. The van der Waals surface area contributed by atoms with E-state index in [1.54, 1.807) is 6.26 Å². The first-order chi connectivity index (χ1) is 12.3. The molecule has 130 valence electrons. The Hall–Kier alpha value is -2.27. The van der Waals surface area contributed by atoms with Gasteiger partial charge in [0.1, 0.15) is 17.2 Å². The van der Waals surface area contributed by atoms with Gasteiger partial charge in [0.2, 0.25) is 5.72 Å². The van der Waals surface area contributed by atoms with Gasteiger partial charge in [-0.1, -0.05) is 25.1 Å². The molecule has 25 heavy (non-hydrogen) atoms. The summed E-state index contributed by atoms with van der Waals surface area (Å²) in [4.78, 5) is 2.48. The number of piperidine rings is 1. The molecule has 1 saturated heterocycles. The molecular weight excluding hydrogens is 314 g/mol. The van der Waals surface area contributed by atoms with Crippen molar-refractivity contribution in [3.63, 3.8) is 0 Å². The Morgan fingerprint density at radius 3 is 2.76 bits per heavy atom. The van der Waals surface area contributed by atoms with Crippen molar-refractivity contribution in [2.75, 3.05) is 19.6 Å². The third-order valence-corrected chi connectivity index (χ3v) is 5.80. The standard InChI is InChI=1S/C20H23N3O2/c1-2-22-11-9-20(10-12-22)23-17(15-6-3-4-7-18(15)25-20)14-16(21-23)19-8-5-13-24-19/h3-8,13,17H,2,9-12,14H2,1H3. The molecule has 0 bridgehead atoms. The van der Waals surface area contributed by atoms with Crippen molar-refractivity contribution in [3.05, 3.63) is 54.0 Å². The zero-order valence-electron chi connectivity index (χ0n) is 14.5. The zero-order valence-corrected chi connectivity index (χ0v) is 14.5. The van der Waals surface area contributed by atoms with E-state index < -0.39 is 0 Å². The molecule has 0 N–H and O–H groups in total. The lowest BCUT2D eigenvalue weighted by Crippen LogP contribution is -2.59. The number of hydrogen-bond acceptors (Lipinski definition) is 5. The number of nitrogens with zero attached hydrogens (tertiary/aromatic N) is 3. The number of fused-ring (bicyclic) bond motifs is 4. The summed E-state index contributed by atoms with van der Waals surface area (Å²) in [6.45, 7) is 5.42. The number of ether oxygens (including phenoxy) is 1. The highest BCUT2D eigenvalue weighted by molar-refractivity contribution is 5.99. The van der Waals surface area contributed by atoms with Gasteiger partial charge >= 0.3 is 0 Å². The summed E-state index contributed by atoms with van der Waals surface area (Å²) < 4.78 is 12.2. The van der Waals surface area contributed by atoms with E-state index in [1.807, 2.05) is 12.1 Å². The van der Waals surface area contributed by atoms with Crippen molar-refractivity contribution < 1.29 is 9.15 Å². The van der Waals surface area contributed by atoms with Gasteiger partial charge in [-0.05, 0) is 24.7 Å². The van der Waals surface area contributed by atoms with Crippen LogP contribution in [0.15, 0.2) is 52.2 Å². The molecule has 1 atom stereocenters. The Morgan fingerprint density at radius 2 is 2.00 bits per heavy atom. The van der Waals surface area contributed by atoms with Crippen LogP contribution in [-0.2, 0) is 0 Å². The minimum atomic E-state index is -0.334. The third-order valence-electron chi connectivity index (χ3n) is 5.80. The molecule has 3 aliphatic rings. The predicted molar refractivity (Wildman–Crippen MR) is 95.6 cm³/mol. The van der Waals surface area contributed by atoms with Crippen LogP contribution in [0.2, 0.25) is 0 Å². The number of para-hydroxylation sites is 1. The van der Waals surface area contributed by atoms with Crippen LogP contribution in [0.5, 0.6) is 5.75 Å². The highest BCUT2D eigenvalue weighted by atomic mass is 16.5. The summed E-state index contributed by atoms with van der Waals surface area (Å²) in [5.41, 5.74) is 1.92. The quantitative estimate of drug-likeness (QED) is 0.839. The number of likely N-dealkylation sites (tertiary alicyclic amines) is 1. The topological polar surface area (TPSA) is 41.2 Å². The maximum absolute atomic E-state index is 6.59. The molecule has 0 aliphatic carbocycles. The highest BCUT2D eigenvalue weighted by Gasteiger charge is 2.51. The van der Waals surface area contributed by atoms with Crippen molar-refractivity contribution in [1.29, 1.82) is 0 Å². The summed E-state index contributed by atoms with van der Waals surface area (Å²) in [5.74, 6) is 1.89. The van der Waals surface area contributed by atoms with Gasteiger partial charge in [-0.3, -0.25) is 0 Å². The Labute approximate surface area is 147 Å². The largest absolute Gasteiger partial charge is 0.466 e. The third kappa shape index (κ3) is 2.29. The first-order valence-corrected chi connectivity index (χ1v) is 9.20. The molecule has 4 heterocycles. The van der Waals surface area contributed by atoms with E-state index in [0.29, 0.717) is 0 Å². The van der Waals surface area contributed by atoms with Crippen LogP contribution in [-0.4, -0.2) is 41.0 Å². The number of furan rings is 1. The maximum Gasteiger partial charge on any atom is 0.200 e. The lowest BCUT2D eigenvalue weighted by atomic mass is 9.91. The second-order valence-corrected chi connectivity index (χ2v) is 7.11. The van der Waals surface area contributed by atoms with Gasteiger partial charge in [0, 0.05) is 37.9 Å². The number of hydrazone groups is 1. The first-order valence-electron chi connectivity index (χ1n) is 9.20. The van der Waals surface area contributed by atoms with Crippen LogP contribution in [0.4, 0.5) is 0 Å². The van der Waals surface area contributed by atoms with Gasteiger partial charge in [-0.15, -0.1) is 0 Å². The van der Waals surface area contributed by atoms with Gasteiger partial charge in [0.05, 0.1) is 12.3 Å². The summed E-state index contributed by atoms with van der Waals surface area (Å²) in [5, 5.41) is 7.23. The molecular formula is C20H23N3O2. The molecule has 1 spiro atoms. The van der Waals surface area contributed by atoms with Crippen molar-refractivity contribution in [3.8, 4) is 5.75 Å². The van der Waals surface area contributed by atoms with E-state index in [0.717, 1.165) is 56.1 Å². The highest BCUT2D eigenvalue weighted by Crippen LogP contribution is 2.49. The van der Waals surface area contributed by atoms with Crippen molar-refractivity contribution in [2.24, 2.45) is 5.10 Å². The van der Waals surface area contributed by atoms with Crippen molar-refractivity contribution >= 4 is 5.71 Å². The summed E-state index contributed by atoms with van der Waals surface area (Å²) in [7, 11) is 0. The van der Waals surface area contributed by atoms with Gasteiger partial charge in [0.25, 0.3) is 0 Å². The average molecular weight is 337 g/mol. The van der Waals surface area contributed by atoms with Gasteiger partial charge < -0.3 is 14.1 Å². The molecule has 1 aromatic heterocycles. The fourth-order valence-electron chi connectivity index (χ4n) is 4.37. The Morgan fingerprint density at radius 1 is 1.16 bits per heavy atom. The van der Waals surface area contributed by atoms with Crippen LogP contribution in [0.1, 0.15) is 43.6 Å². The first kappa shape index (κ1) is 15.0. The van der Waals surface area contributed by atoms with E-state index in [4.69, 9.17) is 14.3 Å². The van der Waals surface area contributed by atoms with Gasteiger partial charge in [-0.2, -0.15) is 5.10 Å². The molecule has 5 rings (SSSR count). The summed E-state index contributed by atoms with van der Waals surface area (Å²) in [6.07, 6.45) is 4.53. The number of benzene rings is 1. The lowest BCUT2D eigenvalue weighted by molar-refractivity contribution is -0.149. The Balaban J connectivity index is 1.56. The molecule has 2 aromatic rings. The van der Waals surface area contributed by atoms with Crippen LogP contribution in [0.3, 0.4) is 0 Å². The SMILES string of the molecule is CCN1CCC2(CC1)Oc1ccccc1C1CC(c3ccco3)=NN12. The van der Waals surface area contributed by atoms with Crippen LogP contribution >= 0.6 is 0 Å². The smallest absolute Gasteiger partial charge is 0.200 e. The van der Waals surface area contributed by atoms with Crippen molar-refractivity contribution in [1.82, 2.24) is 9.91 Å². The second-order valence-electron chi connectivity index (χ2n) is 7.11. The van der Waals surface area contributed by atoms with E-state index in [2.05, 4.69) is 41.1 Å². The van der Waals surface area contributed by atoms with Crippen LogP contribution < -0.4 is 4.74 Å². The molecule has 1 unspecified atom stereocenters.